The molecule has 3 aromatic carbocycles. The van der Waals surface area contributed by atoms with Crippen LogP contribution < -0.4 is 20.1 Å². The second-order valence-electron chi connectivity index (χ2n) is 7.18. The molecule has 1 heterocycles. The van der Waals surface area contributed by atoms with Gasteiger partial charge in [0.2, 0.25) is 0 Å². The van der Waals surface area contributed by atoms with E-state index in [1.807, 2.05) is 49.4 Å². The number of fused-ring (bicyclic) bond motifs is 1. The third-order valence-corrected chi connectivity index (χ3v) is 5.52. The van der Waals surface area contributed by atoms with Crippen LogP contribution in [0.1, 0.15) is 15.9 Å². The summed E-state index contributed by atoms with van der Waals surface area (Å²) < 4.78 is 10.6. The quantitative estimate of drug-likeness (QED) is 0.367. The van der Waals surface area contributed by atoms with Crippen LogP contribution in [-0.2, 0) is 0 Å². The lowest BCUT2D eigenvalue weighted by atomic mass is 10.1. The lowest BCUT2D eigenvalue weighted by Crippen LogP contribution is -2.13. The Hall–Kier alpha value is -3.77. The highest BCUT2D eigenvalue weighted by molar-refractivity contribution is 6.31. The molecule has 0 fully saturated rings. The maximum atomic E-state index is 13.1. The minimum atomic E-state index is -0.272. The standard InChI is InChI=1S/C25H22ClN3O3/c1-15-8-9-16(12-21(15)26)28-24-19-7-5-4-6-18(19)20(14-27-24)25(30)29-17-10-11-22(31-2)23(13-17)32-3/h4-14H,1-3H3,(H,27,28)(H,29,30). The van der Waals surface area contributed by atoms with Crippen LogP contribution in [-0.4, -0.2) is 25.1 Å². The molecule has 162 valence electrons. The van der Waals surface area contributed by atoms with Crippen LogP contribution in [0.4, 0.5) is 17.2 Å². The van der Waals surface area contributed by atoms with E-state index in [9.17, 15) is 4.79 Å². The first-order chi connectivity index (χ1) is 15.5. The van der Waals surface area contributed by atoms with Crippen LogP contribution in [0.15, 0.2) is 66.9 Å². The first-order valence-electron chi connectivity index (χ1n) is 9.94. The van der Waals surface area contributed by atoms with Crippen LogP contribution in [0.2, 0.25) is 5.02 Å². The lowest BCUT2D eigenvalue weighted by Gasteiger charge is -2.14. The number of methoxy groups -OCH3 is 2. The van der Waals surface area contributed by atoms with Gasteiger partial charge >= 0.3 is 0 Å². The van der Waals surface area contributed by atoms with E-state index in [2.05, 4.69) is 15.6 Å². The summed E-state index contributed by atoms with van der Waals surface area (Å²) in [6.45, 7) is 1.95. The predicted octanol–water partition coefficient (Wildman–Crippen LogP) is 6.21. The number of nitrogens with one attached hydrogen (secondary N) is 2. The lowest BCUT2D eigenvalue weighted by molar-refractivity contribution is 0.102. The van der Waals surface area contributed by atoms with Crippen LogP contribution in [0.25, 0.3) is 10.8 Å². The molecule has 0 unspecified atom stereocenters. The molecule has 0 aliphatic rings. The van der Waals surface area contributed by atoms with Gasteiger partial charge in [-0.15, -0.1) is 0 Å². The highest BCUT2D eigenvalue weighted by Gasteiger charge is 2.15. The molecule has 0 spiro atoms. The minimum absolute atomic E-state index is 0.272. The molecular weight excluding hydrogens is 426 g/mol. The van der Waals surface area contributed by atoms with Gasteiger partial charge in [0.25, 0.3) is 5.91 Å². The average Bonchev–Trinajstić information content (AvgIpc) is 2.81. The molecule has 4 aromatic rings. The third-order valence-electron chi connectivity index (χ3n) is 5.12. The number of hydrogen-bond acceptors (Lipinski definition) is 5. The van der Waals surface area contributed by atoms with Gasteiger partial charge in [-0.05, 0) is 42.1 Å². The van der Waals surface area contributed by atoms with Gasteiger partial charge in [-0.2, -0.15) is 0 Å². The van der Waals surface area contributed by atoms with E-state index >= 15 is 0 Å². The zero-order chi connectivity index (χ0) is 22.7. The Balaban J connectivity index is 1.66. The topological polar surface area (TPSA) is 72.5 Å². The van der Waals surface area contributed by atoms with Crippen molar-refractivity contribution in [2.45, 2.75) is 6.92 Å². The van der Waals surface area contributed by atoms with Crippen molar-refractivity contribution in [1.29, 1.82) is 0 Å². The summed E-state index contributed by atoms with van der Waals surface area (Å²) in [5.41, 5.74) is 2.87. The maximum Gasteiger partial charge on any atom is 0.257 e. The number of aromatic nitrogens is 1. The van der Waals surface area contributed by atoms with Crippen molar-refractivity contribution in [3.63, 3.8) is 0 Å². The Labute approximate surface area is 191 Å². The first kappa shape index (κ1) is 21.5. The molecule has 0 saturated heterocycles. The molecule has 0 aliphatic heterocycles. The van der Waals surface area contributed by atoms with E-state index in [4.69, 9.17) is 21.1 Å². The summed E-state index contributed by atoms with van der Waals surface area (Å²) >= 11 is 6.25. The zero-order valence-electron chi connectivity index (χ0n) is 17.9. The second-order valence-corrected chi connectivity index (χ2v) is 7.59. The van der Waals surface area contributed by atoms with E-state index in [1.165, 1.54) is 0 Å². The molecule has 2 N–H and O–H groups in total. The van der Waals surface area contributed by atoms with Crippen LogP contribution >= 0.6 is 11.6 Å². The Morgan fingerprint density at radius 1 is 0.906 bits per heavy atom. The fraction of sp³-hybridized carbons (Fsp3) is 0.120. The van der Waals surface area contributed by atoms with Crippen molar-refractivity contribution >= 4 is 45.5 Å². The van der Waals surface area contributed by atoms with Crippen LogP contribution in [0, 0.1) is 6.92 Å². The van der Waals surface area contributed by atoms with E-state index in [-0.39, 0.29) is 5.91 Å². The molecule has 0 radical (unpaired) electrons. The van der Waals surface area contributed by atoms with E-state index < -0.39 is 0 Å². The fourth-order valence-electron chi connectivity index (χ4n) is 3.39. The van der Waals surface area contributed by atoms with Crippen molar-refractivity contribution in [3.8, 4) is 11.5 Å². The van der Waals surface area contributed by atoms with Gasteiger partial charge in [0, 0.05) is 34.0 Å². The van der Waals surface area contributed by atoms with Crippen LogP contribution in [0.5, 0.6) is 11.5 Å². The Morgan fingerprint density at radius 3 is 2.34 bits per heavy atom. The van der Waals surface area contributed by atoms with Crippen molar-refractivity contribution < 1.29 is 14.3 Å². The van der Waals surface area contributed by atoms with Crippen molar-refractivity contribution in [3.05, 3.63) is 83.0 Å². The number of amides is 1. The number of ether oxygens (including phenoxy) is 2. The zero-order valence-corrected chi connectivity index (χ0v) is 18.7. The highest BCUT2D eigenvalue weighted by atomic mass is 35.5. The largest absolute Gasteiger partial charge is 0.493 e. The molecule has 32 heavy (non-hydrogen) atoms. The molecule has 4 rings (SSSR count). The maximum absolute atomic E-state index is 13.1. The average molecular weight is 448 g/mol. The molecule has 0 bridgehead atoms. The normalized spacial score (nSPS) is 10.6. The van der Waals surface area contributed by atoms with Crippen molar-refractivity contribution in [1.82, 2.24) is 4.98 Å². The number of aryl methyl sites for hydroxylation is 1. The van der Waals surface area contributed by atoms with Gasteiger partial charge in [-0.3, -0.25) is 4.79 Å². The Morgan fingerprint density at radius 2 is 1.62 bits per heavy atom. The van der Waals surface area contributed by atoms with Crippen molar-refractivity contribution in [2.75, 3.05) is 24.9 Å². The first-order valence-corrected chi connectivity index (χ1v) is 10.3. The summed E-state index contributed by atoms with van der Waals surface area (Å²) in [6, 6.07) is 18.6. The van der Waals surface area contributed by atoms with Gasteiger partial charge in [-0.25, -0.2) is 4.98 Å². The number of halogens is 1. The molecule has 0 aliphatic carbocycles. The Bertz CT molecular complexity index is 1310. The summed E-state index contributed by atoms with van der Waals surface area (Å²) in [5.74, 6) is 1.49. The molecular formula is C25H22ClN3O3. The number of nitrogens with zero attached hydrogens (tertiary/aromatic N) is 1. The highest BCUT2D eigenvalue weighted by Crippen LogP contribution is 2.31. The number of rotatable bonds is 6. The molecule has 6 nitrogen and oxygen atoms in total. The smallest absolute Gasteiger partial charge is 0.257 e. The van der Waals surface area contributed by atoms with Gasteiger partial charge < -0.3 is 20.1 Å². The van der Waals surface area contributed by atoms with E-state index in [1.54, 1.807) is 38.6 Å². The van der Waals surface area contributed by atoms with Gasteiger partial charge in [0.05, 0.1) is 19.8 Å². The summed E-state index contributed by atoms with van der Waals surface area (Å²) in [4.78, 5) is 17.6. The molecule has 1 aromatic heterocycles. The molecule has 7 heteroatoms. The van der Waals surface area contributed by atoms with Crippen molar-refractivity contribution in [2.24, 2.45) is 0 Å². The number of anilines is 3. The molecule has 0 atom stereocenters. The van der Waals surface area contributed by atoms with Gasteiger partial charge in [-0.1, -0.05) is 41.9 Å². The number of carbonyl (C=O) groups is 1. The summed E-state index contributed by atoms with van der Waals surface area (Å²) in [5, 5.41) is 8.48. The van der Waals surface area contributed by atoms with E-state index in [0.29, 0.717) is 33.6 Å². The third kappa shape index (κ3) is 4.31. The van der Waals surface area contributed by atoms with E-state index in [0.717, 1.165) is 22.0 Å². The van der Waals surface area contributed by atoms with Crippen LogP contribution in [0.3, 0.4) is 0 Å². The Kier molecular flexibility index (Phi) is 6.14. The fourth-order valence-corrected chi connectivity index (χ4v) is 3.57. The van der Waals surface area contributed by atoms with Gasteiger partial charge in [0.1, 0.15) is 5.82 Å². The van der Waals surface area contributed by atoms with Gasteiger partial charge in [0.15, 0.2) is 11.5 Å². The predicted molar refractivity (Wildman–Crippen MR) is 129 cm³/mol. The SMILES string of the molecule is COc1ccc(NC(=O)c2cnc(Nc3ccc(C)c(Cl)c3)c3ccccc23)cc1OC. The number of hydrogen-bond donors (Lipinski definition) is 2. The number of carbonyl (C=O) groups excluding carboxylic acids is 1. The minimum Gasteiger partial charge on any atom is -0.493 e. The number of benzene rings is 3. The molecule has 1 amide bonds. The summed E-state index contributed by atoms with van der Waals surface area (Å²) in [6.07, 6.45) is 1.57. The summed E-state index contributed by atoms with van der Waals surface area (Å²) in [7, 11) is 3.11. The second kappa shape index (κ2) is 9.16. The molecule has 0 saturated carbocycles. The number of pyridine rings is 1. The monoisotopic (exact) mass is 447 g/mol.